The average molecular weight is 284 g/mol. The van der Waals surface area contributed by atoms with E-state index < -0.39 is 10.0 Å². The molecule has 1 aromatic rings. The fourth-order valence-electron chi connectivity index (χ4n) is 1.51. The number of carbonyl (C=O) groups excluding carboxylic acids is 1. The van der Waals surface area contributed by atoms with E-state index in [1.165, 1.54) is 12.1 Å². The van der Waals surface area contributed by atoms with E-state index in [9.17, 15) is 13.2 Å². The Bertz CT molecular complexity index is 521. The highest BCUT2D eigenvalue weighted by Crippen LogP contribution is 2.09. The average Bonchev–Trinajstić information content (AvgIpc) is 2.33. The lowest BCUT2D eigenvalue weighted by molar-refractivity contribution is -0.121. The molecular weight excluding hydrogens is 264 g/mol. The summed E-state index contributed by atoms with van der Waals surface area (Å²) in [5, 5.41) is 7.79. The first-order valence-electron chi connectivity index (χ1n) is 6.17. The van der Waals surface area contributed by atoms with Crippen molar-refractivity contribution < 1.29 is 13.2 Å². The molecule has 0 aromatic heterocycles. The van der Waals surface area contributed by atoms with E-state index in [0.717, 1.165) is 12.0 Å². The van der Waals surface area contributed by atoms with Crippen LogP contribution in [0.5, 0.6) is 0 Å². The molecule has 1 aromatic carbocycles. The van der Waals surface area contributed by atoms with Gasteiger partial charge in [-0.05, 0) is 30.0 Å². The molecule has 5 nitrogen and oxygen atoms in total. The Morgan fingerprint density at radius 1 is 1.26 bits per heavy atom. The maximum absolute atomic E-state index is 11.5. The van der Waals surface area contributed by atoms with Crippen molar-refractivity contribution in [3.63, 3.8) is 0 Å². The van der Waals surface area contributed by atoms with Crippen molar-refractivity contribution in [3.8, 4) is 0 Å². The fraction of sp³-hybridized carbons (Fsp3) is 0.462. The van der Waals surface area contributed by atoms with E-state index in [-0.39, 0.29) is 10.8 Å². The lowest BCUT2D eigenvalue weighted by atomic mass is 10.1. The molecule has 0 aliphatic rings. The van der Waals surface area contributed by atoms with Crippen molar-refractivity contribution in [2.24, 2.45) is 11.1 Å². The zero-order valence-electron chi connectivity index (χ0n) is 11.2. The van der Waals surface area contributed by atoms with Crippen molar-refractivity contribution >= 4 is 15.9 Å². The van der Waals surface area contributed by atoms with Gasteiger partial charge in [0.15, 0.2) is 0 Å². The minimum atomic E-state index is -3.66. The van der Waals surface area contributed by atoms with Crippen LogP contribution < -0.4 is 10.5 Å². The molecular formula is C13H20N2O3S. The highest BCUT2D eigenvalue weighted by Gasteiger charge is 2.07. The summed E-state index contributed by atoms with van der Waals surface area (Å²) < 4.78 is 22.1. The first kappa shape index (κ1) is 15.7. The van der Waals surface area contributed by atoms with Crippen LogP contribution in [0.15, 0.2) is 29.2 Å². The second kappa shape index (κ2) is 6.68. The summed E-state index contributed by atoms with van der Waals surface area (Å²) in [5.41, 5.74) is 0.838. The molecule has 0 saturated carbocycles. The zero-order chi connectivity index (χ0) is 14.5. The van der Waals surface area contributed by atoms with Crippen LogP contribution in [0.3, 0.4) is 0 Å². The summed E-state index contributed by atoms with van der Waals surface area (Å²) >= 11 is 0. The lowest BCUT2D eigenvalue weighted by Gasteiger charge is -2.07. The molecule has 0 saturated heterocycles. The SMILES string of the molecule is CC(C)CCC(=O)NCc1ccc(S(N)(=O)=O)cc1. The Morgan fingerprint density at radius 3 is 2.32 bits per heavy atom. The molecule has 0 unspecified atom stereocenters. The van der Waals surface area contributed by atoms with E-state index in [1.807, 2.05) is 0 Å². The largest absolute Gasteiger partial charge is 0.352 e. The zero-order valence-corrected chi connectivity index (χ0v) is 12.0. The Balaban J connectivity index is 2.48. The monoisotopic (exact) mass is 284 g/mol. The number of carbonyl (C=O) groups is 1. The van der Waals surface area contributed by atoms with Crippen molar-refractivity contribution in [2.45, 2.75) is 38.1 Å². The standard InChI is InChI=1S/C13H20N2O3S/c1-10(2)3-8-13(16)15-9-11-4-6-12(7-5-11)19(14,17)18/h4-7,10H,3,8-9H2,1-2H3,(H,15,16)(H2,14,17,18). The second-order valence-corrected chi connectivity index (χ2v) is 6.46. The lowest BCUT2D eigenvalue weighted by Crippen LogP contribution is -2.22. The molecule has 0 atom stereocenters. The van der Waals surface area contributed by atoms with E-state index in [0.29, 0.717) is 18.9 Å². The van der Waals surface area contributed by atoms with E-state index in [1.54, 1.807) is 12.1 Å². The first-order valence-corrected chi connectivity index (χ1v) is 7.72. The van der Waals surface area contributed by atoms with Crippen molar-refractivity contribution in [1.29, 1.82) is 0 Å². The highest BCUT2D eigenvalue weighted by atomic mass is 32.2. The van der Waals surface area contributed by atoms with Crippen LogP contribution in [0.2, 0.25) is 0 Å². The highest BCUT2D eigenvalue weighted by molar-refractivity contribution is 7.89. The summed E-state index contributed by atoms with van der Waals surface area (Å²) in [7, 11) is -3.66. The number of sulfonamides is 1. The van der Waals surface area contributed by atoms with Crippen LogP contribution in [0.25, 0.3) is 0 Å². The summed E-state index contributed by atoms with van der Waals surface area (Å²) in [6.07, 6.45) is 1.36. The molecule has 1 rings (SSSR count). The van der Waals surface area contributed by atoms with Crippen LogP contribution in [-0.4, -0.2) is 14.3 Å². The maximum Gasteiger partial charge on any atom is 0.238 e. The smallest absolute Gasteiger partial charge is 0.238 e. The Morgan fingerprint density at radius 2 is 1.84 bits per heavy atom. The molecule has 1 amide bonds. The Hall–Kier alpha value is -1.40. The normalized spacial score (nSPS) is 11.6. The third kappa shape index (κ3) is 5.85. The minimum Gasteiger partial charge on any atom is -0.352 e. The molecule has 0 radical (unpaired) electrons. The van der Waals surface area contributed by atoms with Gasteiger partial charge in [-0.3, -0.25) is 4.79 Å². The van der Waals surface area contributed by atoms with Crippen molar-refractivity contribution in [3.05, 3.63) is 29.8 Å². The summed E-state index contributed by atoms with van der Waals surface area (Å²) in [6, 6.07) is 6.15. The third-order valence-electron chi connectivity index (χ3n) is 2.69. The number of benzene rings is 1. The van der Waals surface area contributed by atoms with Crippen molar-refractivity contribution in [1.82, 2.24) is 5.32 Å². The van der Waals surface area contributed by atoms with Gasteiger partial charge in [0, 0.05) is 13.0 Å². The number of amides is 1. The number of primary sulfonamides is 1. The second-order valence-electron chi connectivity index (χ2n) is 4.90. The number of rotatable bonds is 6. The van der Waals surface area contributed by atoms with Crippen LogP contribution in [0.1, 0.15) is 32.3 Å². The number of hydrogen-bond donors (Lipinski definition) is 2. The summed E-state index contributed by atoms with van der Waals surface area (Å²) in [6.45, 7) is 4.53. The van der Waals surface area contributed by atoms with E-state index in [4.69, 9.17) is 5.14 Å². The van der Waals surface area contributed by atoms with Crippen LogP contribution in [-0.2, 0) is 21.4 Å². The minimum absolute atomic E-state index is 0.00391. The van der Waals surface area contributed by atoms with Crippen molar-refractivity contribution in [2.75, 3.05) is 0 Å². The number of nitrogens with two attached hydrogens (primary N) is 1. The van der Waals surface area contributed by atoms with Gasteiger partial charge < -0.3 is 5.32 Å². The van der Waals surface area contributed by atoms with Gasteiger partial charge in [-0.1, -0.05) is 26.0 Å². The summed E-state index contributed by atoms with van der Waals surface area (Å²) in [4.78, 5) is 11.6. The van der Waals surface area contributed by atoms with Crippen LogP contribution in [0, 0.1) is 5.92 Å². The topological polar surface area (TPSA) is 89.3 Å². The molecule has 0 aliphatic heterocycles. The van der Waals surface area contributed by atoms with Gasteiger partial charge in [0.05, 0.1) is 4.90 Å². The predicted octanol–water partition coefficient (Wildman–Crippen LogP) is 1.39. The predicted molar refractivity (Wildman–Crippen MR) is 73.7 cm³/mol. The van der Waals surface area contributed by atoms with Gasteiger partial charge in [-0.15, -0.1) is 0 Å². The van der Waals surface area contributed by atoms with Gasteiger partial charge in [0.2, 0.25) is 15.9 Å². The molecule has 0 heterocycles. The van der Waals surface area contributed by atoms with Crippen LogP contribution >= 0.6 is 0 Å². The molecule has 0 spiro atoms. The number of hydrogen-bond acceptors (Lipinski definition) is 3. The maximum atomic E-state index is 11.5. The number of nitrogens with one attached hydrogen (secondary N) is 1. The van der Waals surface area contributed by atoms with E-state index in [2.05, 4.69) is 19.2 Å². The van der Waals surface area contributed by atoms with Gasteiger partial charge in [-0.2, -0.15) is 0 Å². The molecule has 0 aliphatic carbocycles. The van der Waals surface area contributed by atoms with Gasteiger partial charge in [0.25, 0.3) is 0 Å². The fourth-order valence-corrected chi connectivity index (χ4v) is 2.02. The van der Waals surface area contributed by atoms with Gasteiger partial charge >= 0.3 is 0 Å². The quantitative estimate of drug-likeness (QED) is 0.827. The molecule has 3 N–H and O–H groups in total. The van der Waals surface area contributed by atoms with Gasteiger partial charge in [-0.25, -0.2) is 13.6 Å². The first-order chi connectivity index (χ1) is 8.79. The molecule has 0 fully saturated rings. The Labute approximate surface area is 114 Å². The molecule has 6 heteroatoms. The Kier molecular flexibility index (Phi) is 5.50. The van der Waals surface area contributed by atoms with Gasteiger partial charge in [0.1, 0.15) is 0 Å². The summed E-state index contributed by atoms with van der Waals surface area (Å²) in [5.74, 6) is 0.504. The molecule has 0 bridgehead atoms. The van der Waals surface area contributed by atoms with E-state index >= 15 is 0 Å². The third-order valence-corrected chi connectivity index (χ3v) is 3.62. The molecule has 106 valence electrons. The van der Waals surface area contributed by atoms with Crippen LogP contribution in [0.4, 0.5) is 0 Å². The molecule has 19 heavy (non-hydrogen) atoms.